The fourth-order valence-corrected chi connectivity index (χ4v) is 10.3. The fourth-order valence-electron chi connectivity index (χ4n) is 9.81. The summed E-state index contributed by atoms with van der Waals surface area (Å²) in [6, 6.07) is 22.7. The molecule has 2 aliphatic carbocycles. The maximum absolute atomic E-state index is 15.5. The van der Waals surface area contributed by atoms with Gasteiger partial charge in [0.25, 0.3) is 11.8 Å². The van der Waals surface area contributed by atoms with E-state index >= 15 is 9.18 Å². The van der Waals surface area contributed by atoms with Crippen LogP contribution < -0.4 is 20.0 Å². The van der Waals surface area contributed by atoms with Gasteiger partial charge in [0.15, 0.2) is 11.6 Å². The smallest absolute Gasteiger partial charge is 0.260 e. The van der Waals surface area contributed by atoms with Crippen molar-refractivity contribution in [3.63, 3.8) is 0 Å². The summed E-state index contributed by atoms with van der Waals surface area (Å²) in [6.07, 6.45) is 2.12. The van der Waals surface area contributed by atoms with Crippen molar-refractivity contribution in [1.82, 2.24) is 5.01 Å². The topological polar surface area (TPSA) is 129 Å². The Kier molecular flexibility index (Phi) is 9.25. The largest absolute Gasteiger partial charge is 0.505 e. The number of hydrogen-bond acceptors (Lipinski definition) is 9. The number of allylic oxidation sites excluding steroid dienone is 2. The van der Waals surface area contributed by atoms with E-state index in [-0.39, 0.29) is 29.5 Å². The number of morpholine rings is 1. The van der Waals surface area contributed by atoms with Crippen LogP contribution in [0.4, 0.5) is 21.5 Å². The number of nitrogens with zero attached hydrogens (tertiary/aromatic N) is 3. The van der Waals surface area contributed by atoms with Crippen molar-refractivity contribution in [3.8, 4) is 11.5 Å². The number of hydrazine groups is 1. The zero-order chi connectivity index (χ0) is 39.7. The summed E-state index contributed by atoms with van der Waals surface area (Å²) in [5, 5.41) is 11.8. The zero-order valence-electron chi connectivity index (χ0n) is 30.7. The Labute approximate surface area is 337 Å². The molecule has 0 bridgehead atoms. The van der Waals surface area contributed by atoms with Crippen LogP contribution in [-0.2, 0) is 29.3 Å². The average molecular weight is 812 g/mol. The highest BCUT2D eigenvalue weighted by Gasteiger charge is 2.70. The molecule has 3 saturated heterocycles. The van der Waals surface area contributed by atoms with Gasteiger partial charge >= 0.3 is 0 Å². The molecule has 57 heavy (non-hydrogen) atoms. The molecular weight excluding hydrogens is 774 g/mol. The number of fused-ring (bicyclic) bond motifs is 4. The monoisotopic (exact) mass is 810 g/mol. The van der Waals surface area contributed by atoms with Crippen LogP contribution in [0.5, 0.6) is 11.5 Å². The number of hydrogen-bond donors (Lipinski definition) is 2. The normalized spacial score (nSPS) is 26.9. The molecule has 4 fully saturated rings. The molecular formula is C43H37Cl2FN4O7. The van der Waals surface area contributed by atoms with Gasteiger partial charge < -0.3 is 19.5 Å². The number of methoxy groups -OCH3 is 1. The Hall–Kier alpha value is -5.43. The molecule has 1 saturated carbocycles. The van der Waals surface area contributed by atoms with Crippen molar-refractivity contribution >= 4 is 63.9 Å². The van der Waals surface area contributed by atoms with E-state index in [9.17, 15) is 19.5 Å². The molecule has 3 heterocycles. The Morgan fingerprint density at radius 2 is 1.58 bits per heavy atom. The minimum atomic E-state index is -1.67. The summed E-state index contributed by atoms with van der Waals surface area (Å²) in [7, 11) is 1.51. The Morgan fingerprint density at radius 1 is 0.860 bits per heavy atom. The third-order valence-electron chi connectivity index (χ3n) is 12.4. The van der Waals surface area contributed by atoms with Crippen LogP contribution >= 0.6 is 23.2 Å². The van der Waals surface area contributed by atoms with Crippen LogP contribution in [0.3, 0.4) is 0 Å². The molecule has 6 atom stereocenters. The van der Waals surface area contributed by atoms with Crippen LogP contribution in [0.25, 0.3) is 0 Å². The van der Waals surface area contributed by atoms with Crippen LogP contribution in [-0.4, -0.2) is 67.2 Å². The van der Waals surface area contributed by atoms with E-state index in [1.54, 1.807) is 48.5 Å². The van der Waals surface area contributed by atoms with E-state index in [0.717, 1.165) is 23.8 Å². The van der Waals surface area contributed by atoms with E-state index in [4.69, 9.17) is 32.7 Å². The summed E-state index contributed by atoms with van der Waals surface area (Å²) >= 11 is 12.7. The second-order valence-corrected chi connectivity index (χ2v) is 15.9. The molecule has 4 aromatic carbocycles. The van der Waals surface area contributed by atoms with Crippen LogP contribution in [0.15, 0.2) is 96.6 Å². The number of rotatable bonds is 7. The number of amides is 4. The molecule has 2 N–H and O–H groups in total. The highest BCUT2D eigenvalue weighted by molar-refractivity contribution is 6.36. The second-order valence-electron chi connectivity index (χ2n) is 15.1. The zero-order valence-corrected chi connectivity index (χ0v) is 32.2. The average Bonchev–Trinajstić information content (AvgIpc) is 3.60. The lowest BCUT2D eigenvalue weighted by Gasteiger charge is -2.50. The molecule has 9 rings (SSSR count). The third kappa shape index (κ3) is 5.79. The number of nitrogens with one attached hydrogen (secondary N) is 1. The first-order valence-corrected chi connectivity index (χ1v) is 19.5. The van der Waals surface area contributed by atoms with Gasteiger partial charge in [-0.2, -0.15) is 5.01 Å². The third-order valence-corrected chi connectivity index (χ3v) is 12.9. The van der Waals surface area contributed by atoms with Gasteiger partial charge in [0.1, 0.15) is 5.75 Å². The number of ether oxygens (including phenoxy) is 2. The number of aromatic hydroxyl groups is 1. The number of phenolic OH excluding ortho intramolecular Hbond substituents is 1. The quantitative estimate of drug-likeness (QED) is 0.152. The van der Waals surface area contributed by atoms with Gasteiger partial charge in [0.2, 0.25) is 11.8 Å². The van der Waals surface area contributed by atoms with Crippen molar-refractivity contribution in [3.05, 3.63) is 124 Å². The highest BCUT2D eigenvalue weighted by Crippen LogP contribution is 2.64. The highest BCUT2D eigenvalue weighted by atomic mass is 35.5. The van der Waals surface area contributed by atoms with E-state index in [1.807, 2.05) is 18.2 Å². The molecule has 4 aromatic rings. The first kappa shape index (κ1) is 37.2. The van der Waals surface area contributed by atoms with Crippen molar-refractivity contribution < 1.29 is 38.1 Å². The number of carbonyl (C=O) groups excluding carboxylic acids is 4. The molecule has 3 aliphatic heterocycles. The first-order chi connectivity index (χ1) is 27.5. The maximum atomic E-state index is 15.5. The van der Waals surface area contributed by atoms with Crippen LogP contribution in [0.2, 0.25) is 10.0 Å². The molecule has 0 aromatic heterocycles. The van der Waals surface area contributed by atoms with Crippen molar-refractivity contribution in [1.29, 1.82) is 0 Å². The number of phenols is 1. The summed E-state index contributed by atoms with van der Waals surface area (Å²) in [5.74, 6) is -7.26. The van der Waals surface area contributed by atoms with Crippen molar-refractivity contribution in [2.45, 2.75) is 24.2 Å². The molecule has 0 spiro atoms. The Balaban J connectivity index is 1.17. The number of imide groups is 2. The molecule has 11 nitrogen and oxygen atoms in total. The summed E-state index contributed by atoms with van der Waals surface area (Å²) in [4.78, 5) is 62.7. The van der Waals surface area contributed by atoms with E-state index in [1.165, 1.54) is 36.3 Å². The van der Waals surface area contributed by atoms with Gasteiger partial charge in [-0.3, -0.25) is 29.5 Å². The fraction of sp³-hybridized carbons (Fsp3) is 0.302. The lowest BCUT2D eigenvalue weighted by molar-refractivity contribution is -0.138. The number of carbonyl (C=O) groups is 4. The van der Waals surface area contributed by atoms with Crippen molar-refractivity contribution in [2.24, 2.45) is 23.7 Å². The summed E-state index contributed by atoms with van der Waals surface area (Å²) in [5.41, 5.74) is 4.36. The number of benzene rings is 4. The molecule has 292 valence electrons. The minimum absolute atomic E-state index is 0.0377. The molecule has 0 radical (unpaired) electrons. The summed E-state index contributed by atoms with van der Waals surface area (Å²) < 4.78 is 26.4. The van der Waals surface area contributed by atoms with Gasteiger partial charge in [-0.15, -0.1) is 0 Å². The Bertz CT molecular complexity index is 2350. The lowest BCUT2D eigenvalue weighted by Crippen LogP contribution is -2.53. The second kappa shape index (κ2) is 14.2. The van der Waals surface area contributed by atoms with Gasteiger partial charge in [-0.25, -0.2) is 4.39 Å². The predicted molar refractivity (Wildman–Crippen MR) is 211 cm³/mol. The van der Waals surface area contributed by atoms with E-state index in [2.05, 4.69) is 10.3 Å². The van der Waals surface area contributed by atoms with Gasteiger partial charge in [-0.1, -0.05) is 53.1 Å². The number of halogens is 3. The van der Waals surface area contributed by atoms with E-state index in [0.29, 0.717) is 46.4 Å². The Morgan fingerprint density at radius 3 is 2.26 bits per heavy atom. The van der Waals surface area contributed by atoms with Crippen LogP contribution in [0.1, 0.15) is 29.9 Å². The summed E-state index contributed by atoms with van der Waals surface area (Å²) in [6.45, 7) is 2.68. The molecule has 4 amide bonds. The minimum Gasteiger partial charge on any atom is -0.505 e. The maximum Gasteiger partial charge on any atom is 0.260 e. The molecule has 14 heteroatoms. The lowest BCUT2D eigenvalue weighted by atomic mass is 9.49. The molecule has 5 aliphatic rings. The SMILES string of the molecule is COc1ccc(C23C(=O)N(Nc4ccc(Cl)cc4Cl)C(=O)C2CC2C(=CCC4C(=O)N(c5ccc(N6CCOCC6)cc5)C(=O)C42)C3c2ccc(O)c(F)c2)cc1. The van der Waals surface area contributed by atoms with Gasteiger partial charge in [0.05, 0.1) is 59.9 Å². The van der Waals surface area contributed by atoms with E-state index < -0.39 is 64.3 Å². The first-order valence-electron chi connectivity index (χ1n) is 18.8. The predicted octanol–water partition coefficient (Wildman–Crippen LogP) is 6.87. The van der Waals surface area contributed by atoms with Crippen LogP contribution in [0, 0.1) is 29.5 Å². The standard InChI is InChI=1S/C43H37Cl2FN4O7/c1-56-28-10-3-24(4-11-28)43-32(40(53)50(42(43)55)47-35-14-5-25(44)21-33(35)45)22-31-29(38(43)23-2-15-36(51)34(46)20-23)12-13-30-37(31)41(54)49(39(30)52)27-8-6-26(7-9-27)48-16-18-57-19-17-48/h2-12,14-15,20-21,30-32,37-38,47,51H,13,16-19,22H2,1H3. The van der Waals surface area contributed by atoms with Gasteiger partial charge in [-0.05, 0) is 96.6 Å². The number of anilines is 3. The van der Waals surface area contributed by atoms with Crippen molar-refractivity contribution in [2.75, 3.05) is 48.6 Å². The van der Waals surface area contributed by atoms with Gasteiger partial charge in [0, 0.05) is 29.7 Å². The molecule has 6 unspecified atom stereocenters.